The van der Waals surface area contributed by atoms with Crippen LogP contribution in [0.5, 0.6) is 0 Å². The number of carbonyl (C=O) groups is 1. The Morgan fingerprint density at radius 3 is 3.12 bits per heavy atom. The molecule has 2 aromatic rings. The van der Waals surface area contributed by atoms with Crippen LogP contribution in [0.25, 0.3) is 0 Å². The molecule has 2 aliphatic heterocycles. The number of hydrogen-bond donors (Lipinski definition) is 0. The lowest BCUT2D eigenvalue weighted by molar-refractivity contribution is -0.137. The van der Waals surface area contributed by atoms with Crippen LogP contribution < -0.4 is 0 Å². The molecular formula is C19H24N4OS. The molecule has 0 N–H and O–H groups in total. The zero-order valence-corrected chi connectivity index (χ0v) is 15.4. The fourth-order valence-corrected chi connectivity index (χ4v) is 4.89. The van der Waals surface area contributed by atoms with E-state index in [0.717, 1.165) is 51.1 Å². The molecule has 2 aliphatic rings. The minimum absolute atomic E-state index is 0.0650. The van der Waals surface area contributed by atoms with E-state index in [2.05, 4.69) is 33.2 Å². The summed E-state index contributed by atoms with van der Waals surface area (Å²) in [4.78, 5) is 27.3. The van der Waals surface area contributed by atoms with Crippen LogP contribution in [-0.2, 0) is 17.8 Å². The summed E-state index contributed by atoms with van der Waals surface area (Å²) in [5.74, 6) is 0.664. The van der Waals surface area contributed by atoms with E-state index >= 15 is 0 Å². The Balaban J connectivity index is 1.42. The molecule has 4 rings (SSSR count). The summed E-state index contributed by atoms with van der Waals surface area (Å²) in [6.07, 6.45) is 6.67. The van der Waals surface area contributed by atoms with Crippen molar-refractivity contribution in [3.63, 3.8) is 0 Å². The van der Waals surface area contributed by atoms with Gasteiger partial charge >= 0.3 is 0 Å². The van der Waals surface area contributed by atoms with Gasteiger partial charge in [0, 0.05) is 42.3 Å². The number of carbonyl (C=O) groups excluding carboxylic acids is 1. The van der Waals surface area contributed by atoms with E-state index in [9.17, 15) is 4.79 Å². The first-order valence-corrected chi connectivity index (χ1v) is 9.94. The molecule has 132 valence electrons. The predicted octanol–water partition coefficient (Wildman–Crippen LogP) is 2.69. The smallest absolute Gasteiger partial charge is 0.239 e. The van der Waals surface area contributed by atoms with Gasteiger partial charge in [-0.3, -0.25) is 9.69 Å². The molecule has 5 nitrogen and oxygen atoms in total. The summed E-state index contributed by atoms with van der Waals surface area (Å²) in [5.41, 5.74) is 2.43. The Labute approximate surface area is 152 Å². The molecule has 0 bridgehead atoms. The fourth-order valence-electron chi connectivity index (χ4n) is 4.00. The average Bonchev–Trinajstić information content (AvgIpc) is 3.15. The molecular weight excluding hydrogens is 332 g/mol. The second-order valence-corrected chi connectivity index (χ2v) is 8.02. The zero-order valence-electron chi connectivity index (χ0n) is 14.6. The number of amides is 1. The maximum absolute atomic E-state index is 13.0. The third-order valence-electron chi connectivity index (χ3n) is 5.50. The molecule has 1 saturated heterocycles. The molecule has 2 atom stereocenters. The molecule has 0 aliphatic carbocycles. The van der Waals surface area contributed by atoms with E-state index in [1.807, 2.05) is 28.5 Å². The summed E-state index contributed by atoms with van der Waals surface area (Å²) in [7, 11) is 0. The Kier molecular flexibility index (Phi) is 4.81. The maximum Gasteiger partial charge on any atom is 0.239 e. The van der Waals surface area contributed by atoms with Crippen molar-refractivity contribution >= 4 is 17.2 Å². The molecule has 0 spiro atoms. The van der Waals surface area contributed by atoms with Crippen LogP contribution in [-0.4, -0.2) is 51.4 Å². The van der Waals surface area contributed by atoms with Crippen LogP contribution in [0.3, 0.4) is 0 Å². The Morgan fingerprint density at radius 2 is 2.28 bits per heavy atom. The first kappa shape index (κ1) is 16.7. The van der Waals surface area contributed by atoms with Gasteiger partial charge in [-0.25, -0.2) is 9.97 Å². The predicted molar refractivity (Wildman–Crippen MR) is 98.5 cm³/mol. The van der Waals surface area contributed by atoms with Crippen LogP contribution in [0.2, 0.25) is 0 Å². The summed E-state index contributed by atoms with van der Waals surface area (Å²) < 4.78 is 0. The molecule has 2 aromatic heterocycles. The summed E-state index contributed by atoms with van der Waals surface area (Å²) >= 11 is 1.81. The van der Waals surface area contributed by atoms with Gasteiger partial charge in [0.05, 0.1) is 6.04 Å². The van der Waals surface area contributed by atoms with Crippen LogP contribution in [0, 0.1) is 0 Å². The van der Waals surface area contributed by atoms with E-state index in [4.69, 9.17) is 0 Å². The van der Waals surface area contributed by atoms with Crippen molar-refractivity contribution in [2.75, 3.05) is 19.6 Å². The van der Waals surface area contributed by atoms with Crippen molar-refractivity contribution in [1.29, 1.82) is 0 Å². The monoisotopic (exact) mass is 356 g/mol. The number of hydrogen-bond acceptors (Lipinski definition) is 5. The van der Waals surface area contributed by atoms with Crippen molar-refractivity contribution in [2.45, 2.75) is 44.7 Å². The average molecular weight is 356 g/mol. The highest BCUT2D eigenvalue weighted by Gasteiger charge is 2.32. The first-order valence-electron chi connectivity index (χ1n) is 9.06. The van der Waals surface area contributed by atoms with Crippen LogP contribution in [0.4, 0.5) is 0 Å². The Bertz CT molecular complexity index is 732. The quantitative estimate of drug-likeness (QED) is 0.848. The summed E-state index contributed by atoms with van der Waals surface area (Å²) in [5, 5.41) is 2.14. The summed E-state index contributed by atoms with van der Waals surface area (Å²) in [6.45, 7) is 5.58. The number of fused-ring (bicyclic) bond motifs is 1. The molecule has 1 fully saturated rings. The van der Waals surface area contributed by atoms with Crippen molar-refractivity contribution in [2.24, 2.45) is 0 Å². The number of nitrogens with zero attached hydrogens (tertiary/aromatic N) is 4. The zero-order chi connectivity index (χ0) is 17.2. The second kappa shape index (κ2) is 7.22. The van der Waals surface area contributed by atoms with Crippen LogP contribution >= 0.6 is 11.3 Å². The minimum Gasteiger partial charge on any atom is -0.337 e. The minimum atomic E-state index is -0.0650. The second-order valence-electron chi connectivity index (χ2n) is 7.02. The number of thiophene rings is 1. The van der Waals surface area contributed by atoms with Gasteiger partial charge in [0.1, 0.15) is 6.33 Å². The van der Waals surface area contributed by atoms with E-state index in [1.165, 1.54) is 10.4 Å². The van der Waals surface area contributed by atoms with Gasteiger partial charge in [-0.05, 0) is 55.8 Å². The van der Waals surface area contributed by atoms with Crippen molar-refractivity contribution in [3.05, 3.63) is 46.2 Å². The van der Waals surface area contributed by atoms with Gasteiger partial charge in [-0.15, -0.1) is 11.3 Å². The molecule has 4 heterocycles. The van der Waals surface area contributed by atoms with Crippen molar-refractivity contribution in [1.82, 2.24) is 19.8 Å². The molecule has 0 saturated carbocycles. The first-order chi connectivity index (χ1) is 12.2. The van der Waals surface area contributed by atoms with Crippen molar-refractivity contribution < 1.29 is 4.79 Å². The Morgan fingerprint density at radius 1 is 1.36 bits per heavy atom. The van der Waals surface area contributed by atoms with Crippen LogP contribution in [0.1, 0.15) is 41.8 Å². The highest BCUT2D eigenvalue weighted by Crippen LogP contribution is 2.28. The number of rotatable bonds is 3. The molecule has 25 heavy (non-hydrogen) atoms. The third kappa shape index (κ3) is 3.46. The topological polar surface area (TPSA) is 49.3 Å². The van der Waals surface area contributed by atoms with Gasteiger partial charge in [0.25, 0.3) is 0 Å². The van der Waals surface area contributed by atoms with E-state index < -0.39 is 0 Å². The van der Waals surface area contributed by atoms with Gasteiger partial charge in [0.15, 0.2) is 0 Å². The van der Waals surface area contributed by atoms with E-state index in [0.29, 0.717) is 5.92 Å². The van der Waals surface area contributed by atoms with Gasteiger partial charge in [0.2, 0.25) is 5.91 Å². The highest BCUT2D eigenvalue weighted by atomic mass is 32.1. The number of piperidine rings is 1. The molecule has 0 aromatic carbocycles. The van der Waals surface area contributed by atoms with Gasteiger partial charge < -0.3 is 4.90 Å². The molecule has 6 heteroatoms. The fraction of sp³-hybridized carbons (Fsp3) is 0.526. The Hall–Kier alpha value is -1.79. The molecule has 0 radical (unpaired) electrons. The largest absolute Gasteiger partial charge is 0.337 e. The number of aromatic nitrogens is 2. The standard InChI is InChI=1S/C19H24N4OS/c1-14(19(24)23-9-5-18-16(12-23)6-10-25-18)22-8-2-3-15(11-22)17-4-7-20-13-21-17/h4,6-7,10,13-15H,2-3,5,8-9,11-12H2,1H3/t14-,15-/m0/s1. The SMILES string of the molecule is C[C@@H](C(=O)N1CCc2sccc2C1)N1CCC[C@H](c2ccncn2)C1. The van der Waals surface area contributed by atoms with Crippen molar-refractivity contribution in [3.8, 4) is 0 Å². The lowest BCUT2D eigenvalue weighted by Crippen LogP contribution is -2.51. The highest BCUT2D eigenvalue weighted by molar-refractivity contribution is 7.10. The lowest BCUT2D eigenvalue weighted by Gasteiger charge is -2.38. The maximum atomic E-state index is 13.0. The van der Waals surface area contributed by atoms with E-state index in [-0.39, 0.29) is 11.9 Å². The van der Waals surface area contributed by atoms with Crippen LogP contribution in [0.15, 0.2) is 30.0 Å². The van der Waals surface area contributed by atoms with E-state index in [1.54, 1.807) is 6.33 Å². The third-order valence-corrected chi connectivity index (χ3v) is 6.52. The molecule has 0 unspecified atom stereocenters. The van der Waals surface area contributed by atoms with Gasteiger partial charge in [-0.1, -0.05) is 0 Å². The summed E-state index contributed by atoms with van der Waals surface area (Å²) in [6, 6.07) is 4.10. The lowest BCUT2D eigenvalue weighted by atomic mass is 9.93. The molecule has 1 amide bonds. The van der Waals surface area contributed by atoms with Gasteiger partial charge in [-0.2, -0.15) is 0 Å². The normalized spacial score (nSPS) is 22.4. The number of likely N-dealkylation sites (tertiary alicyclic amines) is 1.